The predicted molar refractivity (Wildman–Crippen MR) is 68.4 cm³/mol. The van der Waals surface area contributed by atoms with Gasteiger partial charge in [-0.3, -0.25) is 9.59 Å². The van der Waals surface area contributed by atoms with Gasteiger partial charge in [-0.2, -0.15) is 0 Å². The standard InChI is InChI=1S/C14H15NO3/c1-4-9-14(13(17)18-3)10-7-5-6-8-11(10)15(2)12(14)16/h4-8H,1,9H2,2-3H3. The van der Waals surface area contributed by atoms with Crippen LogP contribution in [-0.4, -0.2) is 26.0 Å². The minimum Gasteiger partial charge on any atom is -0.468 e. The number of carbonyl (C=O) groups excluding carboxylic acids is 2. The zero-order valence-electron chi connectivity index (χ0n) is 10.5. The lowest BCUT2D eigenvalue weighted by Crippen LogP contribution is -2.45. The summed E-state index contributed by atoms with van der Waals surface area (Å²) in [6.07, 6.45) is 1.81. The van der Waals surface area contributed by atoms with Crippen molar-refractivity contribution in [1.29, 1.82) is 0 Å². The first-order valence-corrected chi connectivity index (χ1v) is 5.66. The van der Waals surface area contributed by atoms with Crippen LogP contribution in [0.15, 0.2) is 36.9 Å². The number of ether oxygens (including phenoxy) is 1. The molecule has 1 aromatic carbocycles. The average Bonchev–Trinajstić information content (AvgIpc) is 2.62. The molecule has 4 nitrogen and oxygen atoms in total. The summed E-state index contributed by atoms with van der Waals surface area (Å²) in [6.45, 7) is 3.64. The van der Waals surface area contributed by atoms with Gasteiger partial charge in [0.05, 0.1) is 7.11 Å². The van der Waals surface area contributed by atoms with Crippen LogP contribution in [0.25, 0.3) is 0 Å². The highest BCUT2D eigenvalue weighted by Crippen LogP contribution is 2.44. The van der Waals surface area contributed by atoms with E-state index in [2.05, 4.69) is 6.58 Å². The molecule has 0 aliphatic carbocycles. The van der Waals surface area contributed by atoms with Crippen LogP contribution in [0, 0.1) is 0 Å². The largest absolute Gasteiger partial charge is 0.468 e. The molecule has 94 valence electrons. The van der Waals surface area contributed by atoms with Crippen LogP contribution < -0.4 is 4.90 Å². The van der Waals surface area contributed by atoms with Crippen molar-refractivity contribution in [1.82, 2.24) is 0 Å². The second kappa shape index (κ2) is 4.29. The molecule has 1 aliphatic rings. The normalized spacial score (nSPS) is 21.7. The van der Waals surface area contributed by atoms with Gasteiger partial charge >= 0.3 is 5.97 Å². The number of methoxy groups -OCH3 is 1. The van der Waals surface area contributed by atoms with Crippen LogP contribution in [0.2, 0.25) is 0 Å². The van der Waals surface area contributed by atoms with Crippen LogP contribution in [-0.2, 0) is 19.7 Å². The fourth-order valence-electron chi connectivity index (χ4n) is 2.51. The van der Waals surface area contributed by atoms with Gasteiger partial charge in [-0.05, 0) is 12.5 Å². The van der Waals surface area contributed by atoms with Crippen molar-refractivity contribution < 1.29 is 14.3 Å². The Morgan fingerprint density at radius 1 is 1.50 bits per heavy atom. The minimum atomic E-state index is -1.28. The lowest BCUT2D eigenvalue weighted by atomic mass is 9.78. The van der Waals surface area contributed by atoms with Gasteiger partial charge in [-0.25, -0.2) is 0 Å². The van der Waals surface area contributed by atoms with E-state index < -0.39 is 11.4 Å². The zero-order chi connectivity index (χ0) is 13.3. The molecule has 0 saturated heterocycles. The molecular formula is C14H15NO3. The summed E-state index contributed by atoms with van der Waals surface area (Å²) in [4.78, 5) is 26.1. The molecule has 4 heteroatoms. The molecule has 0 fully saturated rings. The van der Waals surface area contributed by atoms with Gasteiger partial charge < -0.3 is 9.64 Å². The number of hydrogen-bond donors (Lipinski definition) is 0. The second-order valence-electron chi connectivity index (χ2n) is 4.27. The topological polar surface area (TPSA) is 46.6 Å². The molecule has 0 saturated carbocycles. The Hall–Kier alpha value is -2.10. The van der Waals surface area contributed by atoms with Crippen molar-refractivity contribution in [2.24, 2.45) is 0 Å². The summed E-state index contributed by atoms with van der Waals surface area (Å²) >= 11 is 0. The molecule has 1 heterocycles. The minimum absolute atomic E-state index is 0.236. The Kier molecular flexibility index (Phi) is 2.95. The Morgan fingerprint density at radius 3 is 2.78 bits per heavy atom. The molecular weight excluding hydrogens is 230 g/mol. The number of likely N-dealkylation sites (N-methyl/N-ethyl adjacent to an activating group) is 1. The summed E-state index contributed by atoms with van der Waals surface area (Å²) in [7, 11) is 2.95. The molecule has 1 aromatic rings. The molecule has 1 aliphatic heterocycles. The van der Waals surface area contributed by atoms with Gasteiger partial charge in [0.15, 0.2) is 5.41 Å². The second-order valence-corrected chi connectivity index (χ2v) is 4.27. The fourth-order valence-corrected chi connectivity index (χ4v) is 2.51. The van der Waals surface area contributed by atoms with E-state index >= 15 is 0 Å². The smallest absolute Gasteiger partial charge is 0.326 e. The molecule has 0 aromatic heterocycles. The number of rotatable bonds is 3. The molecule has 18 heavy (non-hydrogen) atoms. The molecule has 0 radical (unpaired) electrons. The average molecular weight is 245 g/mol. The number of benzene rings is 1. The zero-order valence-corrected chi connectivity index (χ0v) is 10.5. The van der Waals surface area contributed by atoms with Crippen LogP contribution in [0.1, 0.15) is 12.0 Å². The molecule has 1 amide bonds. The van der Waals surface area contributed by atoms with E-state index in [1.54, 1.807) is 19.2 Å². The number of amides is 1. The van der Waals surface area contributed by atoms with Crippen LogP contribution >= 0.6 is 0 Å². The van der Waals surface area contributed by atoms with Crippen LogP contribution in [0.5, 0.6) is 0 Å². The van der Waals surface area contributed by atoms with E-state index in [9.17, 15) is 9.59 Å². The number of para-hydroxylation sites is 1. The molecule has 0 bridgehead atoms. The van der Waals surface area contributed by atoms with Gasteiger partial charge in [0.1, 0.15) is 0 Å². The maximum absolute atomic E-state index is 12.5. The van der Waals surface area contributed by atoms with Gasteiger partial charge in [0.2, 0.25) is 5.91 Å². The predicted octanol–water partition coefficient (Wildman–Crippen LogP) is 1.65. The number of nitrogens with zero attached hydrogens (tertiary/aromatic N) is 1. The lowest BCUT2D eigenvalue weighted by molar-refractivity contribution is -0.151. The highest BCUT2D eigenvalue weighted by atomic mass is 16.5. The van der Waals surface area contributed by atoms with Crippen molar-refractivity contribution in [3.8, 4) is 0 Å². The monoisotopic (exact) mass is 245 g/mol. The van der Waals surface area contributed by atoms with Crippen LogP contribution in [0.3, 0.4) is 0 Å². The van der Waals surface area contributed by atoms with E-state index in [-0.39, 0.29) is 12.3 Å². The van der Waals surface area contributed by atoms with E-state index in [0.29, 0.717) is 5.56 Å². The van der Waals surface area contributed by atoms with Gasteiger partial charge in [-0.15, -0.1) is 6.58 Å². The Morgan fingerprint density at radius 2 is 2.17 bits per heavy atom. The van der Waals surface area contributed by atoms with Crippen molar-refractivity contribution >= 4 is 17.6 Å². The highest BCUT2D eigenvalue weighted by molar-refractivity contribution is 6.20. The number of fused-ring (bicyclic) bond motifs is 1. The number of esters is 1. The van der Waals surface area contributed by atoms with Gasteiger partial charge in [-0.1, -0.05) is 24.3 Å². The third-order valence-electron chi connectivity index (χ3n) is 3.38. The van der Waals surface area contributed by atoms with E-state index in [1.807, 2.05) is 18.2 Å². The highest BCUT2D eigenvalue weighted by Gasteiger charge is 2.55. The maximum Gasteiger partial charge on any atom is 0.326 e. The maximum atomic E-state index is 12.5. The quantitative estimate of drug-likeness (QED) is 0.462. The van der Waals surface area contributed by atoms with E-state index in [4.69, 9.17) is 4.74 Å². The van der Waals surface area contributed by atoms with Crippen molar-refractivity contribution in [3.05, 3.63) is 42.5 Å². The van der Waals surface area contributed by atoms with Gasteiger partial charge in [0, 0.05) is 18.3 Å². The third kappa shape index (κ3) is 1.38. The molecule has 2 rings (SSSR count). The Labute approximate surface area is 106 Å². The van der Waals surface area contributed by atoms with E-state index in [1.165, 1.54) is 12.0 Å². The Balaban J connectivity index is 2.70. The van der Waals surface area contributed by atoms with Crippen molar-refractivity contribution in [2.45, 2.75) is 11.8 Å². The molecule has 0 spiro atoms. The number of anilines is 1. The summed E-state index contributed by atoms with van der Waals surface area (Å²) in [6, 6.07) is 7.26. The molecule has 0 N–H and O–H groups in total. The first-order chi connectivity index (χ1) is 8.59. The first kappa shape index (κ1) is 12.4. The summed E-state index contributed by atoms with van der Waals surface area (Å²) in [5.41, 5.74) is 0.154. The fraction of sp³-hybridized carbons (Fsp3) is 0.286. The summed E-state index contributed by atoms with van der Waals surface area (Å²) < 4.78 is 4.83. The number of hydrogen-bond acceptors (Lipinski definition) is 3. The SMILES string of the molecule is C=CCC1(C(=O)OC)C(=O)N(C)c2ccccc21. The van der Waals surface area contributed by atoms with Gasteiger partial charge in [0.25, 0.3) is 0 Å². The Bertz CT molecular complexity index is 524. The first-order valence-electron chi connectivity index (χ1n) is 5.66. The lowest BCUT2D eigenvalue weighted by Gasteiger charge is -2.23. The van der Waals surface area contributed by atoms with Crippen LogP contribution in [0.4, 0.5) is 5.69 Å². The number of carbonyl (C=O) groups is 2. The third-order valence-corrected chi connectivity index (χ3v) is 3.38. The summed E-state index contributed by atoms with van der Waals surface area (Å²) in [5.74, 6) is -0.806. The van der Waals surface area contributed by atoms with Crippen molar-refractivity contribution in [3.63, 3.8) is 0 Å². The number of allylic oxidation sites excluding steroid dienone is 1. The summed E-state index contributed by atoms with van der Waals surface area (Å²) in [5, 5.41) is 0. The van der Waals surface area contributed by atoms with E-state index in [0.717, 1.165) is 5.69 Å². The van der Waals surface area contributed by atoms with Crippen molar-refractivity contribution in [2.75, 3.05) is 19.1 Å². The molecule has 1 unspecified atom stereocenters. The molecule has 1 atom stereocenters.